The Balaban J connectivity index is 2.47. The molecule has 0 aliphatic carbocycles. The second kappa shape index (κ2) is 8.29. The third-order valence-corrected chi connectivity index (χ3v) is 5.59. The average molecular weight is 326 g/mol. The Morgan fingerprint density at radius 3 is 2.32 bits per heavy atom. The van der Waals surface area contributed by atoms with Crippen LogP contribution in [0.2, 0.25) is 0 Å². The lowest BCUT2D eigenvalue weighted by Gasteiger charge is -2.19. The first-order valence-electron chi connectivity index (χ1n) is 7.56. The second-order valence-corrected chi connectivity index (χ2v) is 7.89. The molecule has 1 amide bonds. The fourth-order valence-electron chi connectivity index (χ4n) is 1.85. The number of sulfonamides is 1. The first kappa shape index (κ1) is 18.6. The van der Waals surface area contributed by atoms with E-state index in [1.807, 2.05) is 20.8 Å². The molecule has 0 fully saturated rings. The van der Waals surface area contributed by atoms with Gasteiger partial charge in [0.1, 0.15) is 0 Å². The first-order valence-corrected chi connectivity index (χ1v) is 9.00. The summed E-state index contributed by atoms with van der Waals surface area (Å²) in [7, 11) is -1.93. The van der Waals surface area contributed by atoms with Crippen LogP contribution in [-0.4, -0.2) is 38.3 Å². The standard InChI is InChI=1S/C16H26N2O3S/c1-13(2)14(3)17-16(19)11-8-12-18(4)22(20,21)15-9-6-5-7-10-15/h5-7,9-10,13-14H,8,11-12H2,1-4H3,(H,17,19). The summed E-state index contributed by atoms with van der Waals surface area (Å²) in [4.78, 5) is 12.1. The molecule has 1 rings (SSSR count). The van der Waals surface area contributed by atoms with Gasteiger partial charge in [-0.25, -0.2) is 12.7 Å². The lowest BCUT2D eigenvalue weighted by atomic mass is 10.1. The first-order chi connectivity index (χ1) is 10.2. The van der Waals surface area contributed by atoms with E-state index < -0.39 is 10.0 Å². The summed E-state index contributed by atoms with van der Waals surface area (Å²) in [6, 6.07) is 8.44. The molecule has 0 saturated heterocycles. The van der Waals surface area contributed by atoms with Gasteiger partial charge in [0.15, 0.2) is 0 Å². The van der Waals surface area contributed by atoms with Crippen molar-refractivity contribution in [3.05, 3.63) is 30.3 Å². The third kappa shape index (κ3) is 5.42. The molecule has 1 aromatic rings. The Morgan fingerprint density at radius 2 is 1.77 bits per heavy atom. The molecule has 1 aromatic carbocycles. The maximum absolute atomic E-state index is 12.3. The number of benzene rings is 1. The molecule has 0 bridgehead atoms. The van der Waals surface area contributed by atoms with Gasteiger partial charge in [-0.3, -0.25) is 4.79 Å². The molecule has 1 atom stereocenters. The van der Waals surface area contributed by atoms with Gasteiger partial charge in [0.25, 0.3) is 0 Å². The van der Waals surface area contributed by atoms with Crippen molar-refractivity contribution in [3.63, 3.8) is 0 Å². The number of nitrogens with one attached hydrogen (secondary N) is 1. The van der Waals surface area contributed by atoms with Gasteiger partial charge in [-0.05, 0) is 31.4 Å². The molecular weight excluding hydrogens is 300 g/mol. The highest BCUT2D eigenvalue weighted by Gasteiger charge is 2.20. The quantitative estimate of drug-likeness (QED) is 0.797. The Bertz CT molecular complexity index is 570. The van der Waals surface area contributed by atoms with E-state index in [9.17, 15) is 13.2 Å². The van der Waals surface area contributed by atoms with Gasteiger partial charge >= 0.3 is 0 Å². The highest BCUT2D eigenvalue weighted by molar-refractivity contribution is 7.89. The number of carbonyl (C=O) groups is 1. The Hall–Kier alpha value is -1.40. The molecule has 124 valence electrons. The van der Waals surface area contributed by atoms with Crippen molar-refractivity contribution in [2.24, 2.45) is 5.92 Å². The SMILES string of the molecule is CC(C)C(C)NC(=O)CCCN(C)S(=O)(=O)c1ccccc1. The van der Waals surface area contributed by atoms with E-state index in [0.29, 0.717) is 25.3 Å². The van der Waals surface area contributed by atoms with Crippen LogP contribution < -0.4 is 5.32 Å². The molecule has 0 saturated carbocycles. The molecule has 1 unspecified atom stereocenters. The monoisotopic (exact) mass is 326 g/mol. The van der Waals surface area contributed by atoms with Crippen molar-refractivity contribution >= 4 is 15.9 Å². The summed E-state index contributed by atoms with van der Waals surface area (Å²) < 4.78 is 25.9. The molecule has 6 heteroatoms. The van der Waals surface area contributed by atoms with Crippen LogP contribution in [0.1, 0.15) is 33.6 Å². The van der Waals surface area contributed by atoms with Crippen molar-refractivity contribution in [1.82, 2.24) is 9.62 Å². The molecule has 5 nitrogen and oxygen atoms in total. The van der Waals surface area contributed by atoms with Crippen LogP contribution in [0.3, 0.4) is 0 Å². The summed E-state index contributed by atoms with van der Waals surface area (Å²) in [5, 5.41) is 2.92. The highest BCUT2D eigenvalue weighted by atomic mass is 32.2. The minimum Gasteiger partial charge on any atom is -0.353 e. The molecule has 1 N–H and O–H groups in total. The predicted octanol–water partition coefficient (Wildman–Crippen LogP) is 2.25. The van der Waals surface area contributed by atoms with E-state index in [0.717, 1.165) is 0 Å². The van der Waals surface area contributed by atoms with Crippen LogP contribution in [0.15, 0.2) is 35.2 Å². The number of rotatable bonds is 8. The number of hydrogen-bond donors (Lipinski definition) is 1. The van der Waals surface area contributed by atoms with Crippen LogP contribution in [0.25, 0.3) is 0 Å². The maximum Gasteiger partial charge on any atom is 0.242 e. The zero-order chi connectivity index (χ0) is 16.8. The van der Waals surface area contributed by atoms with E-state index in [-0.39, 0.29) is 16.8 Å². The average Bonchev–Trinajstić information content (AvgIpc) is 2.47. The van der Waals surface area contributed by atoms with Crippen LogP contribution in [0, 0.1) is 5.92 Å². The van der Waals surface area contributed by atoms with E-state index in [1.54, 1.807) is 30.3 Å². The topological polar surface area (TPSA) is 66.5 Å². The fraction of sp³-hybridized carbons (Fsp3) is 0.562. The van der Waals surface area contributed by atoms with Crippen LogP contribution in [0.4, 0.5) is 0 Å². The molecule has 0 aliphatic rings. The Kier molecular flexibility index (Phi) is 7.03. The van der Waals surface area contributed by atoms with Gasteiger partial charge in [0.05, 0.1) is 4.90 Å². The van der Waals surface area contributed by atoms with Crippen molar-refractivity contribution < 1.29 is 13.2 Å². The van der Waals surface area contributed by atoms with Gasteiger partial charge in [-0.2, -0.15) is 0 Å². The van der Waals surface area contributed by atoms with Gasteiger partial charge in [0, 0.05) is 26.1 Å². The summed E-state index contributed by atoms with van der Waals surface area (Å²) in [6.45, 7) is 6.38. The van der Waals surface area contributed by atoms with E-state index in [4.69, 9.17) is 0 Å². The van der Waals surface area contributed by atoms with Crippen molar-refractivity contribution in [3.8, 4) is 0 Å². The highest BCUT2D eigenvalue weighted by Crippen LogP contribution is 2.14. The zero-order valence-electron chi connectivity index (χ0n) is 13.7. The normalized spacial score (nSPS) is 13.4. The van der Waals surface area contributed by atoms with E-state index >= 15 is 0 Å². The van der Waals surface area contributed by atoms with Crippen LogP contribution >= 0.6 is 0 Å². The van der Waals surface area contributed by atoms with Gasteiger partial charge in [0.2, 0.25) is 15.9 Å². The summed E-state index contributed by atoms with van der Waals surface area (Å²) >= 11 is 0. The molecule has 0 spiro atoms. The molecule has 0 aromatic heterocycles. The van der Waals surface area contributed by atoms with Crippen LogP contribution in [-0.2, 0) is 14.8 Å². The van der Waals surface area contributed by atoms with Crippen molar-refractivity contribution in [1.29, 1.82) is 0 Å². The number of amides is 1. The third-order valence-electron chi connectivity index (χ3n) is 3.72. The number of hydrogen-bond acceptors (Lipinski definition) is 3. The summed E-state index contributed by atoms with van der Waals surface area (Å²) in [5.74, 6) is 0.344. The van der Waals surface area contributed by atoms with Gasteiger partial charge < -0.3 is 5.32 Å². The maximum atomic E-state index is 12.3. The second-order valence-electron chi connectivity index (χ2n) is 5.84. The molecule has 0 heterocycles. The van der Waals surface area contributed by atoms with Crippen molar-refractivity contribution in [2.75, 3.05) is 13.6 Å². The molecule has 22 heavy (non-hydrogen) atoms. The Labute approximate surface area is 133 Å². The lowest BCUT2D eigenvalue weighted by Crippen LogP contribution is -2.36. The summed E-state index contributed by atoms with van der Waals surface area (Å²) in [5.41, 5.74) is 0. The van der Waals surface area contributed by atoms with Crippen LogP contribution in [0.5, 0.6) is 0 Å². The molecule has 0 aliphatic heterocycles. The van der Waals surface area contributed by atoms with Gasteiger partial charge in [-0.15, -0.1) is 0 Å². The smallest absolute Gasteiger partial charge is 0.242 e. The zero-order valence-corrected chi connectivity index (χ0v) is 14.6. The lowest BCUT2D eigenvalue weighted by molar-refractivity contribution is -0.122. The predicted molar refractivity (Wildman–Crippen MR) is 87.9 cm³/mol. The minimum atomic E-state index is -3.47. The number of nitrogens with zero attached hydrogens (tertiary/aromatic N) is 1. The van der Waals surface area contributed by atoms with E-state index in [2.05, 4.69) is 5.32 Å². The summed E-state index contributed by atoms with van der Waals surface area (Å²) in [6.07, 6.45) is 0.824. The number of carbonyl (C=O) groups excluding carboxylic acids is 1. The minimum absolute atomic E-state index is 0.0355. The fourth-order valence-corrected chi connectivity index (χ4v) is 3.08. The largest absolute Gasteiger partial charge is 0.353 e. The van der Waals surface area contributed by atoms with Crippen molar-refractivity contribution in [2.45, 2.75) is 44.6 Å². The van der Waals surface area contributed by atoms with E-state index in [1.165, 1.54) is 11.4 Å². The molecule has 0 radical (unpaired) electrons. The molecular formula is C16H26N2O3S. The Morgan fingerprint density at radius 1 is 1.18 bits per heavy atom. The van der Waals surface area contributed by atoms with Gasteiger partial charge in [-0.1, -0.05) is 32.0 Å².